The molecule has 0 bridgehead atoms. The number of hydrogen-bond acceptors (Lipinski definition) is 4. The van der Waals surface area contributed by atoms with Crippen molar-refractivity contribution in [3.05, 3.63) is 18.2 Å². The third-order valence-electron chi connectivity index (χ3n) is 4.17. The maximum absolute atomic E-state index is 12.6. The van der Waals surface area contributed by atoms with Gasteiger partial charge in [0.25, 0.3) is 5.91 Å². The standard InChI is InChI=1S/C17H25N3O2/c1-12(2)11-20-16-14(19-9-7-18-8-10-19)5-4-6-15(16)22-13(3)17(20)21/h4-6,12-13,18H,7-11H2,1-3H3. The maximum atomic E-state index is 12.6. The predicted molar refractivity (Wildman–Crippen MR) is 88.8 cm³/mol. The van der Waals surface area contributed by atoms with E-state index in [2.05, 4.69) is 30.1 Å². The van der Waals surface area contributed by atoms with Gasteiger partial charge in [0.1, 0.15) is 11.4 Å². The number of fused-ring (bicyclic) bond motifs is 1. The van der Waals surface area contributed by atoms with Crippen molar-refractivity contribution in [1.82, 2.24) is 5.32 Å². The molecule has 0 spiro atoms. The van der Waals surface area contributed by atoms with E-state index < -0.39 is 6.10 Å². The molecular formula is C17H25N3O2. The van der Waals surface area contributed by atoms with E-state index in [1.807, 2.05) is 24.0 Å². The van der Waals surface area contributed by atoms with Crippen LogP contribution in [-0.2, 0) is 4.79 Å². The van der Waals surface area contributed by atoms with E-state index in [0.29, 0.717) is 5.92 Å². The number of anilines is 2. The van der Waals surface area contributed by atoms with Gasteiger partial charge in [-0.2, -0.15) is 0 Å². The molecule has 1 atom stereocenters. The first-order valence-corrected chi connectivity index (χ1v) is 8.14. The second-order valence-corrected chi connectivity index (χ2v) is 6.46. The zero-order chi connectivity index (χ0) is 15.7. The zero-order valence-electron chi connectivity index (χ0n) is 13.6. The molecule has 1 amide bonds. The van der Waals surface area contributed by atoms with Crippen LogP contribution < -0.4 is 19.9 Å². The molecule has 1 aromatic carbocycles. The van der Waals surface area contributed by atoms with Crippen molar-refractivity contribution in [1.29, 1.82) is 0 Å². The maximum Gasteiger partial charge on any atom is 0.267 e. The van der Waals surface area contributed by atoms with Crippen LogP contribution in [0.2, 0.25) is 0 Å². The van der Waals surface area contributed by atoms with Gasteiger partial charge in [-0.1, -0.05) is 19.9 Å². The van der Waals surface area contributed by atoms with Crippen LogP contribution in [0.1, 0.15) is 20.8 Å². The Bertz CT molecular complexity index is 553. The Kier molecular flexibility index (Phi) is 4.25. The Hall–Kier alpha value is -1.75. The van der Waals surface area contributed by atoms with E-state index in [0.717, 1.165) is 49.8 Å². The third-order valence-corrected chi connectivity index (χ3v) is 4.17. The molecule has 5 nitrogen and oxygen atoms in total. The summed E-state index contributed by atoms with van der Waals surface area (Å²) in [5, 5.41) is 3.37. The van der Waals surface area contributed by atoms with E-state index in [1.165, 1.54) is 0 Å². The highest BCUT2D eigenvalue weighted by Gasteiger charge is 2.34. The molecule has 0 aliphatic carbocycles. The van der Waals surface area contributed by atoms with Crippen LogP contribution in [0.25, 0.3) is 0 Å². The number of piperazine rings is 1. The molecule has 2 heterocycles. The summed E-state index contributed by atoms with van der Waals surface area (Å²) in [6, 6.07) is 6.09. The summed E-state index contributed by atoms with van der Waals surface area (Å²) in [6.07, 6.45) is -0.412. The number of amides is 1. The highest BCUT2D eigenvalue weighted by molar-refractivity contribution is 6.03. The molecule has 0 radical (unpaired) electrons. The van der Waals surface area contributed by atoms with Crippen molar-refractivity contribution >= 4 is 17.3 Å². The van der Waals surface area contributed by atoms with Gasteiger partial charge in [-0.15, -0.1) is 0 Å². The molecule has 2 aliphatic rings. The summed E-state index contributed by atoms with van der Waals surface area (Å²) in [6.45, 7) is 10.7. The molecule has 1 unspecified atom stereocenters. The number of hydrogen-bond donors (Lipinski definition) is 1. The van der Waals surface area contributed by atoms with Crippen molar-refractivity contribution in [2.75, 3.05) is 42.5 Å². The lowest BCUT2D eigenvalue weighted by Crippen LogP contribution is -2.48. The molecule has 5 heteroatoms. The second kappa shape index (κ2) is 6.16. The minimum absolute atomic E-state index is 0.0591. The molecule has 22 heavy (non-hydrogen) atoms. The highest BCUT2D eigenvalue weighted by Crippen LogP contribution is 2.42. The number of carbonyl (C=O) groups is 1. The average Bonchev–Trinajstić information content (AvgIpc) is 2.51. The van der Waals surface area contributed by atoms with Crippen molar-refractivity contribution < 1.29 is 9.53 Å². The number of nitrogens with one attached hydrogen (secondary N) is 1. The summed E-state index contributed by atoms with van der Waals surface area (Å²) in [4.78, 5) is 16.9. The Morgan fingerprint density at radius 3 is 2.73 bits per heavy atom. The lowest BCUT2D eigenvalue weighted by atomic mass is 10.1. The fourth-order valence-electron chi connectivity index (χ4n) is 3.15. The normalized spacial score (nSPS) is 21.8. The summed E-state index contributed by atoms with van der Waals surface area (Å²) in [5.74, 6) is 1.30. The van der Waals surface area contributed by atoms with Crippen LogP contribution in [-0.4, -0.2) is 44.7 Å². The topological polar surface area (TPSA) is 44.8 Å². The molecule has 2 aliphatic heterocycles. The quantitative estimate of drug-likeness (QED) is 0.926. The molecule has 1 N–H and O–H groups in total. The Balaban J connectivity index is 2.03. The van der Waals surface area contributed by atoms with E-state index in [-0.39, 0.29) is 5.91 Å². The van der Waals surface area contributed by atoms with Crippen molar-refractivity contribution in [2.24, 2.45) is 5.92 Å². The fourth-order valence-corrected chi connectivity index (χ4v) is 3.15. The van der Waals surface area contributed by atoms with Crippen LogP contribution in [0.4, 0.5) is 11.4 Å². The van der Waals surface area contributed by atoms with Crippen LogP contribution in [0.3, 0.4) is 0 Å². The van der Waals surface area contributed by atoms with Gasteiger partial charge in [0, 0.05) is 32.7 Å². The number of carbonyl (C=O) groups excluding carboxylic acids is 1. The Morgan fingerprint density at radius 2 is 2.05 bits per heavy atom. The molecule has 1 aromatic rings. The first-order valence-electron chi connectivity index (χ1n) is 8.14. The minimum atomic E-state index is -0.412. The molecule has 3 rings (SSSR count). The lowest BCUT2D eigenvalue weighted by molar-refractivity contribution is -0.125. The zero-order valence-corrected chi connectivity index (χ0v) is 13.6. The predicted octanol–water partition coefficient (Wildman–Crippen LogP) is 1.87. The van der Waals surface area contributed by atoms with Gasteiger partial charge >= 0.3 is 0 Å². The van der Waals surface area contributed by atoms with E-state index >= 15 is 0 Å². The first-order chi connectivity index (χ1) is 10.6. The van der Waals surface area contributed by atoms with Crippen LogP contribution in [0.15, 0.2) is 18.2 Å². The monoisotopic (exact) mass is 303 g/mol. The largest absolute Gasteiger partial charge is 0.479 e. The van der Waals surface area contributed by atoms with Gasteiger partial charge in [-0.05, 0) is 25.0 Å². The van der Waals surface area contributed by atoms with Gasteiger partial charge in [-0.3, -0.25) is 4.79 Å². The van der Waals surface area contributed by atoms with Gasteiger partial charge in [-0.25, -0.2) is 0 Å². The number of para-hydroxylation sites is 1. The minimum Gasteiger partial charge on any atom is -0.479 e. The molecule has 0 saturated carbocycles. The van der Waals surface area contributed by atoms with Crippen LogP contribution in [0, 0.1) is 5.92 Å². The van der Waals surface area contributed by atoms with Crippen molar-refractivity contribution in [2.45, 2.75) is 26.9 Å². The molecule has 1 fully saturated rings. The third kappa shape index (κ3) is 2.77. The van der Waals surface area contributed by atoms with E-state index in [4.69, 9.17) is 4.74 Å². The van der Waals surface area contributed by atoms with Crippen molar-refractivity contribution in [3.63, 3.8) is 0 Å². The lowest BCUT2D eigenvalue weighted by Gasteiger charge is -2.39. The van der Waals surface area contributed by atoms with E-state index in [1.54, 1.807) is 0 Å². The van der Waals surface area contributed by atoms with Gasteiger partial charge in [0.15, 0.2) is 6.10 Å². The Labute approximate surface area is 132 Å². The number of rotatable bonds is 3. The van der Waals surface area contributed by atoms with Crippen LogP contribution in [0.5, 0.6) is 5.75 Å². The van der Waals surface area contributed by atoms with E-state index in [9.17, 15) is 4.79 Å². The van der Waals surface area contributed by atoms with Crippen LogP contribution >= 0.6 is 0 Å². The number of benzene rings is 1. The van der Waals surface area contributed by atoms with Crippen molar-refractivity contribution in [3.8, 4) is 5.75 Å². The SMILES string of the molecule is CC(C)CN1C(=O)C(C)Oc2cccc(N3CCNCC3)c21. The summed E-state index contributed by atoms with van der Waals surface area (Å²) in [7, 11) is 0. The summed E-state index contributed by atoms with van der Waals surface area (Å²) < 4.78 is 5.85. The smallest absolute Gasteiger partial charge is 0.267 e. The molecule has 1 saturated heterocycles. The summed E-state index contributed by atoms with van der Waals surface area (Å²) in [5.41, 5.74) is 2.06. The average molecular weight is 303 g/mol. The number of ether oxygens (including phenoxy) is 1. The Morgan fingerprint density at radius 1 is 1.32 bits per heavy atom. The number of nitrogens with zero attached hydrogens (tertiary/aromatic N) is 2. The first kappa shape index (κ1) is 15.2. The van der Waals surface area contributed by atoms with Gasteiger partial charge < -0.3 is 19.9 Å². The molecule has 120 valence electrons. The highest BCUT2D eigenvalue weighted by atomic mass is 16.5. The van der Waals surface area contributed by atoms with Gasteiger partial charge in [0.2, 0.25) is 0 Å². The molecular weight excluding hydrogens is 278 g/mol. The fraction of sp³-hybridized carbons (Fsp3) is 0.588. The second-order valence-electron chi connectivity index (χ2n) is 6.46. The van der Waals surface area contributed by atoms with Gasteiger partial charge in [0.05, 0.1) is 5.69 Å². The molecule has 0 aromatic heterocycles. The summed E-state index contributed by atoms with van der Waals surface area (Å²) >= 11 is 0.